The maximum absolute atomic E-state index is 11.0. The average molecular weight is 203 g/mol. The molecule has 1 aromatic rings. The van der Waals surface area contributed by atoms with E-state index in [-0.39, 0.29) is 5.91 Å². The van der Waals surface area contributed by atoms with Gasteiger partial charge in [0, 0.05) is 25.2 Å². The number of carbonyl (C=O) groups is 1. The van der Waals surface area contributed by atoms with Gasteiger partial charge >= 0.3 is 0 Å². The second kappa shape index (κ2) is 5.76. The van der Waals surface area contributed by atoms with Crippen LogP contribution in [-0.2, 0) is 4.79 Å². The summed E-state index contributed by atoms with van der Waals surface area (Å²) < 4.78 is 0. The molecule has 0 bridgehead atoms. The van der Waals surface area contributed by atoms with Gasteiger partial charge < -0.3 is 0 Å². The molecule has 0 saturated heterocycles. The van der Waals surface area contributed by atoms with E-state index in [0.29, 0.717) is 12.4 Å². The third-order valence-electron chi connectivity index (χ3n) is 1.63. The molecule has 0 radical (unpaired) electrons. The van der Waals surface area contributed by atoms with E-state index < -0.39 is 0 Å². The summed E-state index contributed by atoms with van der Waals surface area (Å²) in [5, 5.41) is 2.57. The molecule has 1 amide bonds. The molecule has 78 valence electrons. The van der Waals surface area contributed by atoms with Gasteiger partial charge in [0.05, 0.1) is 5.56 Å². The van der Waals surface area contributed by atoms with Crippen LogP contribution >= 0.6 is 0 Å². The SMILES string of the molecule is CCC#Cc1cnc(NC(=O)CC)nc1. The highest BCUT2D eigenvalue weighted by molar-refractivity contribution is 5.88. The summed E-state index contributed by atoms with van der Waals surface area (Å²) in [6.07, 6.45) is 4.41. The summed E-state index contributed by atoms with van der Waals surface area (Å²) in [4.78, 5) is 19.0. The van der Waals surface area contributed by atoms with Gasteiger partial charge in [-0.1, -0.05) is 25.7 Å². The largest absolute Gasteiger partial charge is 0.295 e. The van der Waals surface area contributed by atoms with Crippen LogP contribution in [0, 0.1) is 11.8 Å². The van der Waals surface area contributed by atoms with Gasteiger partial charge in [0.2, 0.25) is 11.9 Å². The Balaban J connectivity index is 2.68. The van der Waals surface area contributed by atoms with Crippen molar-refractivity contribution in [3.05, 3.63) is 18.0 Å². The van der Waals surface area contributed by atoms with Gasteiger partial charge in [0.1, 0.15) is 0 Å². The van der Waals surface area contributed by atoms with E-state index in [1.165, 1.54) is 0 Å². The second-order valence-corrected chi connectivity index (χ2v) is 2.85. The molecule has 4 heteroatoms. The number of rotatable bonds is 2. The van der Waals surface area contributed by atoms with Crippen LogP contribution in [0.3, 0.4) is 0 Å². The molecule has 0 aromatic carbocycles. The van der Waals surface area contributed by atoms with Crippen LogP contribution in [0.4, 0.5) is 5.95 Å². The molecule has 0 aliphatic carbocycles. The number of nitrogens with zero attached hydrogens (tertiary/aromatic N) is 2. The highest BCUT2D eigenvalue weighted by atomic mass is 16.1. The van der Waals surface area contributed by atoms with Crippen molar-refractivity contribution in [2.24, 2.45) is 0 Å². The first kappa shape index (κ1) is 11.2. The third kappa shape index (κ3) is 3.77. The lowest BCUT2D eigenvalue weighted by molar-refractivity contribution is -0.115. The fraction of sp³-hybridized carbons (Fsp3) is 0.364. The first-order valence-corrected chi connectivity index (χ1v) is 4.87. The van der Waals surface area contributed by atoms with Crippen LogP contribution in [0.5, 0.6) is 0 Å². The maximum Gasteiger partial charge on any atom is 0.229 e. The normalized spacial score (nSPS) is 8.93. The number of amides is 1. The minimum atomic E-state index is -0.0950. The summed E-state index contributed by atoms with van der Waals surface area (Å²) in [6.45, 7) is 3.75. The van der Waals surface area contributed by atoms with Crippen molar-refractivity contribution in [3.8, 4) is 11.8 Å². The number of carbonyl (C=O) groups excluding carboxylic acids is 1. The summed E-state index contributed by atoms with van der Waals surface area (Å²) in [5.41, 5.74) is 0.756. The van der Waals surface area contributed by atoms with E-state index in [1.54, 1.807) is 19.3 Å². The number of nitrogens with one attached hydrogen (secondary N) is 1. The standard InChI is InChI=1S/C11H13N3O/c1-3-5-6-9-7-12-11(13-8-9)14-10(15)4-2/h7-8H,3-4H2,1-2H3,(H,12,13,14,15). The highest BCUT2D eigenvalue weighted by Crippen LogP contribution is 1.99. The Bertz CT molecular complexity index is 387. The summed E-state index contributed by atoms with van der Waals surface area (Å²) in [6, 6.07) is 0. The van der Waals surface area contributed by atoms with Gasteiger partial charge in [-0.25, -0.2) is 9.97 Å². The van der Waals surface area contributed by atoms with Crippen molar-refractivity contribution in [2.75, 3.05) is 5.32 Å². The number of anilines is 1. The van der Waals surface area contributed by atoms with Crippen LogP contribution in [0.2, 0.25) is 0 Å². The van der Waals surface area contributed by atoms with Crippen LogP contribution in [-0.4, -0.2) is 15.9 Å². The molecule has 0 fully saturated rings. The van der Waals surface area contributed by atoms with Crippen molar-refractivity contribution in [3.63, 3.8) is 0 Å². The number of aromatic nitrogens is 2. The Labute approximate surface area is 89.1 Å². The lowest BCUT2D eigenvalue weighted by Crippen LogP contribution is -2.11. The molecule has 1 aromatic heterocycles. The van der Waals surface area contributed by atoms with Crippen LogP contribution in [0.25, 0.3) is 0 Å². The first-order valence-electron chi connectivity index (χ1n) is 4.87. The van der Waals surface area contributed by atoms with Gasteiger partial charge in [-0.05, 0) is 0 Å². The molecule has 0 saturated carbocycles. The minimum Gasteiger partial charge on any atom is -0.295 e. The van der Waals surface area contributed by atoms with Gasteiger partial charge in [-0.3, -0.25) is 10.1 Å². The zero-order chi connectivity index (χ0) is 11.1. The lowest BCUT2D eigenvalue weighted by atomic mass is 10.3. The molecule has 0 aliphatic heterocycles. The molecule has 0 unspecified atom stereocenters. The second-order valence-electron chi connectivity index (χ2n) is 2.85. The van der Waals surface area contributed by atoms with Crippen molar-refractivity contribution in [1.82, 2.24) is 9.97 Å². The lowest BCUT2D eigenvalue weighted by Gasteiger charge is -1.99. The van der Waals surface area contributed by atoms with E-state index in [9.17, 15) is 4.79 Å². The van der Waals surface area contributed by atoms with E-state index in [2.05, 4.69) is 27.1 Å². The summed E-state index contributed by atoms with van der Waals surface area (Å²) >= 11 is 0. The van der Waals surface area contributed by atoms with E-state index in [0.717, 1.165) is 12.0 Å². The van der Waals surface area contributed by atoms with E-state index in [1.807, 2.05) is 6.92 Å². The van der Waals surface area contributed by atoms with Crippen molar-refractivity contribution in [2.45, 2.75) is 26.7 Å². The summed E-state index contributed by atoms with van der Waals surface area (Å²) in [5.74, 6) is 6.05. The monoisotopic (exact) mass is 203 g/mol. The molecule has 1 N–H and O–H groups in total. The van der Waals surface area contributed by atoms with Crippen LogP contribution < -0.4 is 5.32 Å². The molecule has 1 heterocycles. The van der Waals surface area contributed by atoms with E-state index in [4.69, 9.17) is 0 Å². The minimum absolute atomic E-state index is 0.0950. The topological polar surface area (TPSA) is 54.9 Å². The Hall–Kier alpha value is -1.89. The third-order valence-corrected chi connectivity index (χ3v) is 1.63. The Morgan fingerprint density at radius 1 is 1.40 bits per heavy atom. The van der Waals surface area contributed by atoms with Crippen LogP contribution in [0.15, 0.2) is 12.4 Å². The Morgan fingerprint density at radius 2 is 2.07 bits per heavy atom. The van der Waals surface area contributed by atoms with Gasteiger partial charge in [-0.2, -0.15) is 0 Å². The Kier molecular flexibility index (Phi) is 4.30. The van der Waals surface area contributed by atoms with Crippen LogP contribution in [0.1, 0.15) is 32.3 Å². The molecule has 0 spiro atoms. The number of hydrogen-bond acceptors (Lipinski definition) is 3. The highest BCUT2D eigenvalue weighted by Gasteiger charge is 2.00. The zero-order valence-electron chi connectivity index (χ0n) is 8.87. The van der Waals surface area contributed by atoms with Crippen molar-refractivity contribution in [1.29, 1.82) is 0 Å². The zero-order valence-corrected chi connectivity index (χ0v) is 8.87. The first-order chi connectivity index (χ1) is 7.26. The van der Waals surface area contributed by atoms with E-state index >= 15 is 0 Å². The number of hydrogen-bond donors (Lipinski definition) is 1. The molecule has 1 rings (SSSR count). The molecule has 0 atom stereocenters. The Morgan fingerprint density at radius 3 is 2.60 bits per heavy atom. The summed E-state index contributed by atoms with van der Waals surface area (Å²) in [7, 11) is 0. The fourth-order valence-corrected chi connectivity index (χ4v) is 0.861. The fourth-order valence-electron chi connectivity index (χ4n) is 0.861. The van der Waals surface area contributed by atoms with Crippen molar-refractivity contribution >= 4 is 11.9 Å². The maximum atomic E-state index is 11.0. The molecule has 0 aliphatic rings. The predicted octanol–water partition coefficient (Wildman–Crippen LogP) is 1.59. The van der Waals surface area contributed by atoms with Crippen molar-refractivity contribution < 1.29 is 4.79 Å². The molecular weight excluding hydrogens is 190 g/mol. The predicted molar refractivity (Wildman–Crippen MR) is 58.1 cm³/mol. The quantitative estimate of drug-likeness (QED) is 0.742. The smallest absolute Gasteiger partial charge is 0.229 e. The van der Waals surface area contributed by atoms with Gasteiger partial charge in [0.25, 0.3) is 0 Å². The molecule has 4 nitrogen and oxygen atoms in total. The molecule has 15 heavy (non-hydrogen) atoms. The van der Waals surface area contributed by atoms with Gasteiger partial charge in [-0.15, -0.1) is 0 Å². The average Bonchev–Trinajstić information content (AvgIpc) is 2.28. The molecular formula is C11H13N3O. The van der Waals surface area contributed by atoms with Gasteiger partial charge in [0.15, 0.2) is 0 Å².